The lowest BCUT2D eigenvalue weighted by Crippen LogP contribution is -2.01. The molecule has 0 radical (unpaired) electrons. The van der Waals surface area contributed by atoms with E-state index in [1.165, 1.54) is 11.3 Å². The molecule has 0 bridgehead atoms. The lowest BCUT2D eigenvalue weighted by Gasteiger charge is -2.00. The van der Waals surface area contributed by atoms with Gasteiger partial charge in [0.2, 0.25) is 0 Å². The number of rotatable bonds is 6. The molecule has 0 unspecified atom stereocenters. The molecule has 0 saturated carbocycles. The van der Waals surface area contributed by atoms with Crippen LogP contribution in [0.2, 0.25) is 0 Å². The fraction of sp³-hybridized carbons (Fsp3) is 0.167. The number of aromatic carboxylic acids is 2. The molecule has 8 heteroatoms. The first-order valence-corrected chi connectivity index (χ1v) is 13.4. The Labute approximate surface area is 200 Å². The summed E-state index contributed by atoms with van der Waals surface area (Å²) in [5, 5.41) is 23.3. The van der Waals surface area contributed by atoms with Crippen molar-refractivity contribution in [1.29, 1.82) is 0 Å². The van der Waals surface area contributed by atoms with E-state index >= 15 is 0 Å². The van der Waals surface area contributed by atoms with Gasteiger partial charge in [-0.05, 0) is 64.9 Å². The SMILES string of the molecule is CCc1sc(-c2cc3cc4sc(-c5sccc5C(=O)O)cc4cc3s2)c(C(=O)O)c1CC. The van der Waals surface area contributed by atoms with Crippen molar-refractivity contribution in [3.05, 3.63) is 57.3 Å². The van der Waals surface area contributed by atoms with Gasteiger partial charge in [0.15, 0.2) is 0 Å². The van der Waals surface area contributed by atoms with Gasteiger partial charge in [-0.25, -0.2) is 9.59 Å². The molecule has 0 spiro atoms. The van der Waals surface area contributed by atoms with Crippen molar-refractivity contribution in [2.24, 2.45) is 0 Å². The van der Waals surface area contributed by atoms with Crippen LogP contribution in [-0.4, -0.2) is 22.2 Å². The summed E-state index contributed by atoms with van der Waals surface area (Å²) in [7, 11) is 0. The van der Waals surface area contributed by atoms with Gasteiger partial charge in [0.1, 0.15) is 0 Å². The molecule has 0 amide bonds. The van der Waals surface area contributed by atoms with E-state index in [9.17, 15) is 19.8 Å². The third kappa shape index (κ3) is 3.38. The molecule has 0 saturated heterocycles. The van der Waals surface area contributed by atoms with Crippen LogP contribution in [0.3, 0.4) is 0 Å². The first-order valence-electron chi connectivity index (χ1n) is 10.1. The average Bonchev–Trinajstić information content (AvgIpc) is 3.53. The Bertz CT molecular complexity index is 1460. The summed E-state index contributed by atoms with van der Waals surface area (Å²) in [6.07, 6.45) is 1.55. The maximum Gasteiger partial charge on any atom is 0.337 e. The topological polar surface area (TPSA) is 74.6 Å². The van der Waals surface area contributed by atoms with Crippen molar-refractivity contribution in [2.45, 2.75) is 26.7 Å². The van der Waals surface area contributed by atoms with Gasteiger partial charge in [-0.15, -0.1) is 45.3 Å². The van der Waals surface area contributed by atoms with Crippen LogP contribution < -0.4 is 0 Å². The summed E-state index contributed by atoms with van der Waals surface area (Å²) in [5.41, 5.74) is 1.74. The largest absolute Gasteiger partial charge is 0.478 e. The summed E-state index contributed by atoms with van der Waals surface area (Å²) in [4.78, 5) is 28.3. The molecule has 162 valence electrons. The van der Waals surface area contributed by atoms with Crippen LogP contribution in [0.15, 0.2) is 35.7 Å². The van der Waals surface area contributed by atoms with Crippen molar-refractivity contribution in [2.75, 3.05) is 0 Å². The number of benzene rings is 1. The molecule has 0 atom stereocenters. The van der Waals surface area contributed by atoms with Gasteiger partial charge in [0, 0.05) is 24.0 Å². The Balaban J connectivity index is 1.63. The molecule has 4 aromatic heterocycles. The minimum absolute atomic E-state index is 0.336. The third-order valence-electron chi connectivity index (χ3n) is 5.48. The van der Waals surface area contributed by atoms with Crippen LogP contribution in [0.5, 0.6) is 0 Å². The second kappa shape index (κ2) is 8.12. The third-order valence-corrected chi connectivity index (χ3v) is 10.3. The lowest BCUT2D eigenvalue weighted by atomic mass is 10.0. The van der Waals surface area contributed by atoms with Gasteiger partial charge in [0.25, 0.3) is 0 Å². The second-order valence-electron chi connectivity index (χ2n) is 7.34. The van der Waals surface area contributed by atoms with Gasteiger partial charge in [-0.3, -0.25) is 0 Å². The quantitative estimate of drug-likeness (QED) is 0.248. The number of hydrogen-bond acceptors (Lipinski definition) is 6. The van der Waals surface area contributed by atoms with Crippen LogP contribution in [-0.2, 0) is 12.8 Å². The maximum atomic E-state index is 12.1. The van der Waals surface area contributed by atoms with E-state index in [2.05, 4.69) is 31.2 Å². The molecule has 0 aliphatic heterocycles. The monoisotopic (exact) mass is 498 g/mol. The second-order valence-corrected chi connectivity index (χ2v) is 11.5. The molecule has 4 nitrogen and oxygen atoms in total. The summed E-state index contributed by atoms with van der Waals surface area (Å²) in [6, 6.07) is 10.0. The van der Waals surface area contributed by atoms with Gasteiger partial charge < -0.3 is 10.2 Å². The molecule has 5 aromatic rings. The Morgan fingerprint density at radius 1 is 0.812 bits per heavy atom. The first-order chi connectivity index (χ1) is 15.4. The van der Waals surface area contributed by atoms with Crippen molar-refractivity contribution < 1.29 is 19.8 Å². The smallest absolute Gasteiger partial charge is 0.337 e. The Morgan fingerprint density at radius 3 is 1.97 bits per heavy atom. The average molecular weight is 499 g/mol. The zero-order valence-corrected chi connectivity index (χ0v) is 20.5. The van der Waals surface area contributed by atoms with Crippen LogP contribution in [0.25, 0.3) is 39.7 Å². The molecular formula is C24H18O4S4. The summed E-state index contributed by atoms with van der Waals surface area (Å²) >= 11 is 6.24. The predicted octanol–water partition coefficient (Wildman–Crippen LogP) is 8.09. The van der Waals surface area contributed by atoms with Crippen molar-refractivity contribution in [3.8, 4) is 19.5 Å². The van der Waals surface area contributed by atoms with Gasteiger partial charge in [-0.2, -0.15) is 0 Å². The van der Waals surface area contributed by atoms with Gasteiger partial charge >= 0.3 is 11.9 Å². The van der Waals surface area contributed by atoms with E-state index in [1.807, 2.05) is 12.3 Å². The highest BCUT2D eigenvalue weighted by Gasteiger charge is 2.24. The van der Waals surface area contributed by atoms with E-state index in [-0.39, 0.29) is 0 Å². The van der Waals surface area contributed by atoms with E-state index in [4.69, 9.17) is 0 Å². The van der Waals surface area contributed by atoms with Crippen LogP contribution in [0.1, 0.15) is 45.0 Å². The molecule has 32 heavy (non-hydrogen) atoms. The molecule has 0 fully saturated rings. The number of thiophene rings is 4. The number of carboxylic acids is 2. The van der Waals surface area contributed by atoms with Crippen LogP contribution in [0, 0.1) is 0 Å². The van der Waals surface area contributed by atoms with Gasteiger partial charge in [0.05, 0.1) is 20.9 Å². The fourth-order valence-corrected chi connectivity index (χ4v) is 8.67. The fourth-order valence-electron chi connectivity index (χ4n) is 4.04. The minimum atomic E-state index is -0.910. The van der Waals surface area contributed by atoms with Crippen molar-refractivity contribution >= 4 is 77.5 Å². The van der Waals surface area contributed by atoms with E-state index < -0.39 is 11.9 Å². The normalized spacial score (nSPS) is 11.6. The number of hydrogen-bond donors (Lipinski definition) is 2. The zero-order chi connectivity index (χ0) is 22.6. The van der Waals surface area contributed by atoms with Crippen LogP contribution >= 0.6 is 45.3 Å². The summed E-state index contributed by atoms with van der Waals surface area (Å²) < 4.78 is 2.19. The van der Waals surface area contributed by atoms with Crippen LogP contribution in [0.4, 0.5) is 0 Å². The highest BCUT2D eigenvalue weighted by Crippen LogP contribution is 2.45. The molecule has 2 N–H and O–H groups in total. The molecule has 4 heterocycles. The molecule has 5 rings (SSSR count). The van der Waals surface area contributed by atoms with E-state index in [0.717, 1.165) is 56.5 Å². The molecule has 0 aliphatic rings. The molecule has 0 aliphatic carbocycles. The number of carbonyl (C=O) groups is 2. The Morgan fingerprint density at radius 2 is 1.44 bits per heavy atom. The predicted molar refractivity (Wildman–Crippen MR) is 137 cm³/mol. The van der Waals surface area contributed by atoms with Crippen molar-refractivity contribution in [1.82, 2.24) is 0 Å². The first kappa shape index (κ1) is 21.3. The lowest BCUT2D eigenvalue weighted by molar-refractivity contribution is 0.0686. The maximum absolute atomic E-state index is 12.1. The summed E-state index contributed by atoms with van der Waals surface area (Å²) in [6.45, 7) is 4.08. The number of carboxylic acid groups (broad SMARTS) is 2. The number of aryl methyl sites for hydroxylation is 1. The highest BCUT2D eigenvalue weighted by molar-refractivity contribution is 7.27. The number of fused-ring (bicyclic) bond motifs is 2. The van der Waals surface area contributed by atoms with E-state index in [1.54, 1.807) is 40.1 Å². The van der Waals surface area contributed by atoms with Gasteiger partial charge in [-0.1, -0.05) is 13.8 Å². The standard InChI is InChI=1S/C24H18O4S4/c1-3-13-15(4-2)32-22(20(13)24(27)28)19-10-12-8-16-11(7-17(12)31-19)9-18(30-16)21-14(23(25)26)5-6-29-21/h5-10H,3-4H2,1-2H3,(H,25,26)(H,27,28). The van der Waals surface area contributed by atoms with Crippen molar-refractivity contribution in [3.63, 3.8) is 0 Å². The molecule has 1 aromatic carbocycles. The zero-order valence-electron chi connectivity index (χ0n) is 17.2. The minimum Gasteiger partial charge on any atom is -0.478 e. The molecular weight excluding hydrogens is 481 g/mol. The highest BCUT2D eigenvalue weighted by atomic mass is 32.1. The summed E-state index contributed by atoms with van der Waals surface area (Å²) in [5.74, 6) is -1.77. The Hall–Kier alpha value is -2.52. The Kier molecular flexibility index (Phi) is 5.41. The van der Waals surface area contributed by atoms with E-state index in [0.29, 0.717) is 17.5 Å².